The first-order valence-corrected chi connectivity index (χ1v) is 6.51. The zero-order chi connectivity index (χ0) is 13.7. The minimum Gasteiger partial charge on any atom is -0.343 e. The molecule has 0 radical (unpaired) electrons. The molecule has 1 aliphatic rings. The summed E-state index contributed by atoms with van der Waals surface area (Å²) < 4.78 is 0. The van der Waals surface area contributed by atoms with Crippen molar-refractivity contribution in [3.8, 4) is 0 Å². The lowest BCUT2D eigenvalue weighted by Gasteiger charge is -2.25. The Morgan fingerprint density at radius 2 is 2.00 bits per heavy atom. The summed E-state index contributed by atoms with van der Waals surface area (Å²) in [6.45, 7) is 1.06. The van der Waals surface area contributed by atoms with Crippen molar-refractivity contribution < 1.29 is 14.4 Å². The number of carbonyl (C=O) groups excluding carboxylic acids is 2. The van der Waals surface area contributed by atoms with Crippen LogP contribution in [-0.4, -0.2) is 36.6 Å². The fourth-order valence-corrected chi connectivity index (χ4v) is 1.87. The Balaban J connectivity index is 1.82. The van der Waals surface area contributed by atoms with Gasteiger partial charge in [-0.25, -0.2) is 5.06 Å². The van der Waals surface area contributed by atoms with Gasteiger partial charge in [0.25, 0.3) is 11.8 Å². The van der Waals surface area contributed by atoms with E-state index in [-0.39, 0.29) is 18.4 Å². The number of nitrogens with zero attached hydrogens (tertiary/aromatic N) is 1. The molecule has 1 fully saturated rings. The van der Waals surface area contributed by atoms with Crippen molar-refractivity contribution >= 4 is 23.4 Å². The maximum Gasteiger partial charge on any atom is 0.265 e. The molecule has 2 amide bonds. The van der Waals surface area contributed by atoms with Gasteiger partial charge in [0.05, 0.1) is 13.2 Å². The molecule has 1 aliphatic heterocycles. The van der Waals surface area contributed by atoms with E-state index in [0.717, 1.165) is 12.8 Å². The van der Waals surface area contributed by atoms with Gasteiger partial charge in [0.1, 0.15) is 0 Å². The van der Waals surface area contributed by atoms with E-state index in [1.165, 1.54) is 5.06 Å². The number of benzene rings is 1. The largest absolute Gasteiger partial charge is 0.343 e. The van der Waals surface area contributed by atoms with Gasteiger partial charge in [0.15, 0.2) is 0 Å². The predicted octanol–water partition coefficient (Wildman–Crippen LogP) is 1.62. The number of hydroxylamine groups is 2. The molecule has 1 aromatic carbocycles. The van der Waals surface area contributed by atoms with Crippen molar-refractivity contribution in [2.45, 2.75) is 12.8 Å². The molecule has 0 unspecified atom stereocenters. The quantitative estimate of drug-likeness (QED) is 0.916. The topological polar surface area (TPSA) is 58.6 Å². The molecule has 1 aromatic rings. The second kappa shape index (κ2) is 6.54. The fraction of sp³-hybridized carbons (Fsp3) is 0.385. The zero-order valence-corrected chi connectivity index (χ0v) is 11.2. The number of nitrogens with one attached hydrogen (secondary N) is 1. The van der Waals surface area contributed by atoms with Crippen LogP contribution >= 0.6 is 11.6 Å². The van der Waals surface area contributed by atoms with Crippen molar-refractivity contribution in [1.29, 1.82) is 0 Å². The lowest BCUT2D eigenvalue weighted by Crippen LogP contribution is -2.42. The van der Waals surface area contributed by atoms with Gasteiger partial charge in [-0.1, -0.05) is 11.6 Å². The highest BCUT2D eigenvalue weighted by molar-refractivity contribution is 6.30. The Bertz CT molecular complexity index is 455. The average molecular weight is 283 g/mol. The maximum atomic E-state index is 11.8. The summed E-state index contributed by atoms with van der Waals surface area (Å²) in [6.07, 6.45) is 1.89. The molecule has 6 heteroatoms. The van der Waals surface area contributed by atoms with Gasteiger partial charge in [-0.15, -0.1) is 0 Å². The molecule has 0 saturated carbocycles. The predicted molar refractivity (Wildman–Crippen MR) is 70.7 cm³/mol. The summed E-state index contributed by atoms with van der Waals surface area (Å²) >= 11 is 5.74. The molecular formula is C13H15ClN2O3. The number of halogens is 1. The molecule has 5 nitrogen and oxygen atoms in total. The maximum absolute atomic E-state index is 11.8. The van der Waals surface area contributed by atoms with Crippen molar-refractivity contribution in [3.63, 3.8) is 0 Å². The third-order valence-corrected chi connectivity index (χ3v) is 3.04. The summed E-state index contributed by atoms with van der Waals surface area (Å²) in [7, 11) is 0. The van der Waals surface area contributed by atoms with Crippen LogP contribution in [0, 0.1) is 0 Å². The number of amides is 2. The van der Waals surface area contributed by atoms with E-state index in [1.54, 1.807) is 24.3 Å². The Labute approximate surface area is 116 Å². The molecule has 1 heterocycles. The van der Waals surface area contributed by atoms with Crippen LogP contribution < -0.4 is 5.32 Å². The molecule has 0 aromatic heterocycles. The third-order valence-electron chi connectivity index (χ3n) is 2.79. The molecule has 1 N–H and O–H groups in total. The van der Waals surface area contributed by atoms with E-state index < -0.39 is 0 Å². The minimum absolute atomic E-state index is 0.0680. The highest BCUT2D eigenvalue weighted by Gasteiger charge is 2.18. The van der Waals surface area contributed by atoms with E-state index >= 15 is 0 Å². The summed E-state index contributed by atoms with van der Waals surface area (Å²) in [5.74, 6) is -0.538. The summed E-state index contributed by atoms with van der Waals surface area (Å²) in [5, 5.41) is 4.44. The Morgan fingerprint density at radius 3 is 2.63 bits per heavy atom. The van der Waals surface area contributed by atoms with Crippen LogP contribution in [0.15, 0.2) is 24.3 Å². The fourth-order valence-electron chi connectivity index (χ4n) is 1.74. The highest BCUT2D eigenvalue weighted by atomic mass is 35.5. The molecule has 0 atom stereocenters. The lowest BCUT2D eigenvalue weighted by molar-refractivity contribution is -0.195. The smallest absolute Gasteiger partial charge is 0.265 e. The van der Waals surface area contributed by atoms with Crippen molar-refractivity contribution in [2.24, 2.45) is 0 Å². The first-order chi connectivity index (χ1) is 9.16. The van der Waals surface area contributed by atoms with E-state index in [1.807, 2.05) is 0 Å². The molecule has 0 spiro atoms. The van der Waals surface area contributed by atoms with E-state index in [0.29, 0.717) is 23.7 Å². The molecule has 2 rings (SSSR count). The molecule has 1 saturated heterocycles. The monoisotopic (exact) mass is 282 g/mol. The normalized spacial score (nSPS) is 15.1. The Morgan fingerprint density at radius 1 is 1.26 bits per heavy atom. The van der Waals surface area contributed by atoms with Crippen LogP contribution in [0.1, 0.15) is 23.2 Å². The van der Waals surface area contributed by atoms with Crippen LogP contribution in [0.5, 0.6) is 0 Å². The van der Waals surface area contributed by atoms with Crippen LogP contribution in [0.2, 0.25) is 5.02 Å². The van der Waals surface area contributed by atoms with Crippen LogP contribution in [-0.2, 0) is 9.63 Å². The summed E-state index contributed by atoms with van der Waals surface area (Å²) in [5.41, 5.74) is 0.469. The van der Waals surface area contributed by atoms with Crippen molar-refractivity contribution in [3.05, 3.63) is 34.9 Å². The van der Waals surface area contributed by atoms with Gasteiger partial charge in [-0.2, -0.15) is 0 Å². The van der Waals surface area contributed by atoms with Crippen LogP contribution in [0.25, 0.3) is 0 Å². The minimum atomic E-state index is -0.304. The van der Waals surface area contributed by atoms with Crippen molar-refractivity contribution in [2.75, 3.05) is 19.7 Å². The van der Waals surface area contributed by atoms with Gasteiger partial charge in [-0.3, -0.25) is 14.4 Å². The number of hydrogen-bond donors (Lipinski definition) is 1. The first kappa shape index (κ1) is 13.8. The van der Waals surface area contributed by atoms with E-state index in [2.05, 4.69) is 5.32 Å². The summed E-state index contributed by atoms with van der Waals surface area (Å²) in [6, 6.07) is 6.48. The summed E-state index contributed by atoms with van der Waals surface area (Å²) in [4.78, 5) is 28.7. The number of hydrogen-bond acceptors (Lipinski definition) is 3. The molecule has 0 aliphatic carbocycles. The highest BCUT2D eigenvalue weighted by Crippen LogP contribution is 2.09. The standard InChI is InChI=1S/C13H15ClN2O3/c14-11-5-3-10(4-6-11)13(18)15-9-12(17)16-7-1-2-8-19-16/h3-6H,1-2,7-9H2,(H,15,18). The van der Waals surface area contributed by atoms with Gasteiger partial charge in [0.2, 0.25) is 0 Å². The van der Waals surface area contributed by atoms with Gasteiger partial charge in [0, 0.05) is 17.1 Å². The Kier molecular flexibility index (Phi) is 4.76. The first-order valence-electron chi connectivity index (χ1n) is 6.14. The number of rotatable bonds is 3. The van der Waals surface area contributed by atoms with E-state index in [9.17, 15) is 9.59 Å². The van der Waals surface area contributed by atoms with Crippen molar-refractivity contribution in [1.82, 2.24) is 10.4 Å². The molecule has 19 heavy (non-hydrogen) atoms. The second-order valence-electron chi connectivity index (χ2n) is 4.23. The number of carbonyl (C=O) groups is 2. The molecule has 102 valence electrons. The van der Waals surface area contributed by atoms with E-state index in [4.69, 9.17) is 16.4 Å². The zero-order valence-electron chi connectivity index (χ0n) is 10.4. The van der Waals surface area contributed by atoms with Gasteiger partial charge >= 0.3 is 0 Å². The second-order valence-corrected chi connectivity index (χ2v) is 4.66. The average Bonchev–Trinajstić information content (AvgIpc) is 2.46. The van der Waals surface area contributed by atoms with Gasteiger partial charge < -0.3 is 5.32 Å². The molecule has 0 bridgehead atoms. The third kappa shape index (κ3) is 3.94. The Hall–Kier alpha value is -1.59. The van der Waals surface area contributed by atoms with Gasteiger partial charge in [-0.05, 0) is 37.1 Å². The SMILES string of the molecule is O=C(NCC(=O)N1CCCCO1)c1ccc(Cl)cc1. The van der Waals surface area contributed by atoms with Crippen LogP contribution in [0.3, 0.4) is 0 Å². The lowest BCUT2D eigenvalue weighted by atomic mass is 10.2. The molecular weight excluding hydrogens is 268 g/mol. The van der Waals surface area contributed by atoms with Crippen LogP contribution in [0.4, 0.5) is 0 Å².